The van der Waals surface area contributed by atoms with Crippen molar-refractivity contribution in [3.63, 3.8) is 0 Å². The summed E-state index contributed by atoms with van der Waals surface area (Å²) in [6.07, 6.45) is 4.03. The molecule has 0 radical (unpaired) electrons. The van der Waals surface area contributed by atoms with Crippen molar-refractivity contribution in [3.05, 3.63) is 42.1 Å². The molecule has 3 atom stereocenters. The van der Waals surface area contributed by atoms with Crippen LogP contribution >= 0.6 is 0 Å². The molecule has 2 aliphatic rings. The van der Waals surface area contributed by atoms with Crippen LogP contribution in [0.4, 0.5) is 0 Å². The summed E-state index contributed by atoms with van der Waals surface area (Å²) >= 11 is 0. The second-order valence-electron chi connectivity index (χ2n) is 5.74. The fraction of sp³-hybridized carbons (Fsp3) is 0.438. The van der Waals surface area contributed by atoms with Crippen LogP contribution in [0.5, 0.6) is 0 Å². The average Bonchev–Trinajstić information content (AvgIpc) is 2.94. The Hall–Kier alpha value is -1.41. The Morgan fingerprint density at radius 3 is 2.78 bits per heavy atom. The standard InChI is InChI=1S/C16H18N2/c1-18-12-7-9-16(18)13(10-12)15-8-6-11-4-2-3-5-14(11)17-15/h2-6,8,12-13,16H,7,9-10H2,1H3. The van der Waals surface area contributed by atoms with E-state index in [0.29, 0.717) is 5.92 Å². The number of nitrogens with zero attached hydrogens (tertiary/aromatic N) is 2. The van der Waals surface area contributed by atoms with Crippen LogP contribution in [0, 0.1) is 0 Å². The predicted molar refractivity (Wildman–Crippen MR) is 73.7 cm³/mol. The lowest BCUT2D eigenvalue weighted by Crippen LogP contribution is -2.25. The van der Waals surface area contributed by atoms with Crippen molar-refractivity contribution >= 4 is 10.9 Å². The number of hydrogen-bond donors (Lipinski definition) is 0. The van der Waals surface area contributed by atoms with Crippen molar-refractivity contribution in [2.24, 2.45) is 0 Å². The summed E-state index contributed by atoms with van der Waals surface area (Å²) in [5.41, 5.74) is 2.44. The molecule has 4 rings (SSSR count). The molecule has 3 unspecified atom stereocenters. The van der Waals surface area contributed by atoms with Gasteiger partial charge in [-0.3, -0.25) is 9.88 Å². The molecule has 2 saturated heterocycles. The molecule has 2 fully saturated rings. The van der Waals surface area contributed by atoms with Crippen LogP contribution in [0.25, 0.3) is 10.9 Å². The highest BCUT2D eigenvalue weighted by molar-refractivity contribution is 5.78. The van der Waals surface area contributed by atoms with Gasteiger partial charge in [0.05, 0.1) is 5.52 Å². The van der Waals surface area contributed by atoms with Gasteiger partial charge in [-0.05, 0) is 38.4 Å². The predicted octanol–water partition coefficient (Wildman–Crippen LogP) is 3.18. The number of pyridine rings is 1. The largest absolute Gasteiger partial charge is 0.300 e. The first-order valence-corrected chi connectivity index (χ1v) is 6.90. The van der Waals surface area contributed by atoms with Gasteiger partial charge < -0.3 is 0 Å². The normalized spacial score (nSPS) is 31.3. The van der Waals surface area contributed by atoms with E-state index < -0.39 is 0 Å². The molecule has 0 aliphatic carbocycles. The average molecular weight is 238 g/mol. The van der Waals surface area contributed by atoms with E-state index in [9.17, 15) is 0 Å². The monoisotopic (exact) mass is 238 g/mol. The van der Waals surface area contributed by atoms with E-state index in [4.69, 9.17) is 4.98 Å². The summed E-state index contributed by atoms with van der Waals surface area (Å²) in [5.74, 6) is 0.651. The molecule has 1 aromatic carbocycles. The van der Waals surface area contributed by atoms with E-state index >= 15 is 0 Å². The number of fused-ring (bicyclic) bond motifs is 3. The van der Waals surface area contributed by atoms with Crippen LogP contribution in [0.1, 0.15) is 30.9 Å². The quantitative estimate of drug-likeness (QED) is 0.758. The molecule has 0 saturated carbocycles. The van der Waals surface area contributed by atoms with Gasteiger partial charge in [0.2, 0.25) is 0 Å². The van der Waals surface area contributed by atoms with Crippen LogP contribution < -0.4 is 0 Å². The number of benzene rings is 1. The molecule has 2 heteroatoms. The Morgan fingerprint density at radius 1 is 1.11 bits per heavy atom. The molecular formula is C16H18N2. The molecule has 3 heterocycles. The SMILES string of the molecule is CN1C2CCC1C(c1ccc3ccccc3n1)C2. The first-order chi connectivity index (χ1) is 8.83. The molecule has 0 amide bonds. The van der Waals surface area contributed by atoms with Crippen molar-refractivity contribution in [1.82, 2.24) is 9.88 Å². The third-order valence-electron chi connectivity index (χ3n) is 4.89. The summed E-state index contributed by atoms with van der Waals surface area (Å²) in [7, 11) is 2.28. The highest BCUT2D eigenvalue weighted by Crippen LogP contribution is 2.45. The Balaban J connectivity index is 1.75. The van der Waals surface area contributed by atoms with E-state index in [0.717, 1.165) is 17.6 Å². The van der Waals surface area contributed by atoms with E-state index in [2.05, 4.69) is 48.3 Å². The summed E-state index contributed by atoms with van der Waals surface area (Å²) in [5, 5.41) is 1.25. The molecule has 2 aromatic rings. The Bertz CT molecular complexity index is 592. The minimum atomic E-state index is 0.651. The molecule has 0 spiro atoms. The molecule has 2 nitrogen and oxygen atoms in total. The van der Waals surface area contributed by atoms with Gasteiger partial charge >= 0.3 is 0 Å². The first-order valence-electron chi connectivity index (χ1n) is 6.90. The fourth-order valence-corrected chi connectivity index (χ4v) is 3.87. The van der Waals surface area contributed by atoms with Crippen LogP contribution in [-0.4, -0.2) is 29.0 Å². The van der Waals surface area contributed by atoms with Gasteiger partial charge in [-0.15, -0.1) is 0 Å². The maximum absolute atomic E-state index is 4.88. The molecular weight excluding hydrogens is 220 g/mol. The highest BCUT2D eigenvalue weighted by Gasteiger charge is 2.45. The van der Waals surface area contributed by atoms with Crippen molar-refractivity contribution < 1.29 is 0 Å². The van der Waals surface area contributed by atoms with Gasteiger partial charge in [0.15, 0.2) is 0 Å². The zero-order valence-corrected chi connectivity index (χ0v) is 10.7. The molecule has 18 heavy (non-hydrogen) atoms. The summed E-state index contributed by atoms with van der Waals surface area (Å²) in [6, 6.07) is 14.4. The second kappa shape index (κ2) is 3.79. The van der Waals surface area contributed by atoms with Gasteiger partial charge in [-0.25, -0.2) is 0 Å². The Labute approximate surface area is 108 Å². The summed E-state index contributed by atoms with van der Waals surface area (Å²) < 4.78 is 0. The molecule has 1 aromatic heterocycles. The molecule has 2 bridgehead atoms. The lowest BCUT2D eigenvalue weighted by molar-refractivity contribution is 0.306. The molecule has 92 valence electrons. The van der Waals surface area contributed by atoms with Gasteiger partial charge in [0.25, 0.3) is 0 Å². The number of hydrogen-bond acceptors (Lipinski definition) is 2. The van der Waals surface area contributed by atoms with Crippen molar-refractivity contribution in [3.8, 4) is 0 Å². The van der Waals surface area contributed by atoms with Crippen molar-refractivity contribution in [2.75, 3.05) is 7.05 Å². The first kappa shape index (κ1) is 10.5. The van der Waals surface area contributed by atoms with Crippen LogP contribution in [0.15, 0.2) is 36.4 Å². The zero-order chi connectivity index (χ0) is 12.1. The van der Waals surface area contributed by atoms with E-state index in [-0.39, 0.29) is 0 Å². The minimum Gasteiger partial charge on any atom is -0.300 e. The zero-order valence-electron chi connectivity index (χ0n) is 10.7. The number of likely N-dealkylation sites (N-methyl/N-ethyl adjacent to an activating group) is 1. The van der Waals surface area contributed by atoms with Gasteiger partial charge in [0.1, 0.15) is 0 Å². The number of para-hydroxylation sites is 1. The van der Waals surface area contributed by atoms with E-state index in [1.165, 1.54) is 30.3 Å². The van der Waals surface area contributed by atoms with Crippen molar-refractivity contribution in [1.29, 1.82) is 0 Å². The van der Waals surface area contributed by atoms with E-state index in [1.54, 1.807) is 0 Å². The topological polar surface area (TPSA) is 16.1 Å². The minimum absolute atomic E-state index is 0.651. The Kier molecular flexibility index (Phi) is 2.21. The van der Waals surface area contributed by atoms with Gasteiger partial charge in [0, 0.05) is 29.1 Å². The maximum atomic E-state index is 4.88. The van der Waals surface area contributed by atoms with E-state index in [1.807, 2.05) is 0 Å². The Morgan fingerprint density at radius 2 is 2.00 bits per heavy atom. The van der Waals surface area contributed by atoms with Gasteiger partial charge in [-0.2, -0.15) is 0 Å². The third-order valence-corrected chi connectivity index (χ3v) is 4.89. The third kappa shape index (κ3) is 1.42. The van der Waals surface area contributed by atoms with Crippen molar-refractivity contribution in [2.45, 2.75) is 37.3 Å². The summed E-state index contributed by atoms with van der Waals surface area (Å²) in [4.78, 5) is 7.45. The number of aromatic nitrogens is 1. The highest BCUT2D eigenvalue weighted by atomic mass is 15.2. The van der Waals surface area contributed by atoms with Crippen LogP contribution in [0.2, 0.25) is 0 Å². The fourth-order valence-electron chi connectivity index (χ4n) is 3.87. The summed E-state index contributed by atoms with van der Waals surface area (Å²) in [6.45, 7) is 0. The molecule has 2 aliphatic heterocycles. The van der Waals surface area contributed by atoms with Gasteiger partial charge in [-0.1, -0.05) is 24.3 Å². The number of rotatable bonds is 1. The second-order valence-corrected chi connectivity index (χ2v) is 5.74. The van der Waals surface area contributed by atoms with Crippen LogP contribution in [-0.2, 0) is 0 Å². The lowest BCUT2D eigenvalue weighted by Gasteiger charge is -2.21. The smallest absolute Gasteiger partial charge is 0.0705 e. The van der Waals surface area contributed by atoms with Crippen LogP contribution in [0.3, 0.4) is 0 Å². The molecule has 0 N–H and O–H groups in total. The lowest BCUT2D eigenvalue weighted by atomic mass is 9.86. The maximum Gasteiger partial charge on any atom is 0.0705 e.